The molecule has 9 N–H and O–H groups in total. The highest BCUT2D eigenvalue weighted by atomic mass is 31.2. The van der Waals surface area contributed by atoms with Gasteiger partial charge in [0.05, 0.1) is 31.3 Å². The first kappa shape index (κ1) is 54.1. The molecule has 1 saturated carbocycles. The minimum absolute atomic E-state index is 0.240. The number of allylic oxidation sites excluding steroid dienone is 1. The summed E-state index contributed by atoms with van der Waals surface area (Å²) in [4.78, 5) is 23.4. The zero-order valence-electron chi connectivity index (χ0n) is 35.5. The van der Waals surface area contributed by atoms with E-state index in [2.05, 4.69) is 19.2 Å². The third-order valence-corrected chi connectivity index (χ3v) is 12.1. The fraction of sp³-hybridized carbons (Fsp3) is 0.930. The second-order valence-corrected chi connectivity index (χ2v) is 17.9. The SMILES string of the molecule is CCCCCCCCCC/C=C/C(O)C(COP(=O)(O)OC1C(O)C(O)C(O)C(O)C1O)NC(=O)CC(O)CCCCCCCCCCCCCCCCCCC. The van der Waals surface area contributed by atoms with Gasteiger partial charge in [0, 0.05) is 0 Å². The van der Waals surface area contributed by atoms with Crippen molar-refractivity contribution in [3.8, 4) is 0 Å². The van der Waals surface area contributed by atoms with Crippen LogP contribution in [0.3, 0.4) is 0 Å². The van der Waals surface area contributed by atoms with Gasteiger partial charge in [-0.1, -0.05) is 180 Å². The fourth-order valence-electron chi connectivity index (χ4n) is 7.36. The van der Waals surface area contributed by atoms with Crippen molar-refractivity contribution in [2.45, 2.75) is 249 Å². The summed E-state index contributed by atoms with van der Waals surface area (Å²) in [6.45, 7) is 3.71. The number of phosphoric ester groups is 1. The molecule has 0 radical (unpaired) electrons. The second kappa shape index (κ2) is 33.7. The molecule has 57 heavy (non-hydrogen) atoms. The van der Waals surface area contributed by atoms with E-state index in [0.717, 1.165) is 44.9 Å². The number of carbonyl (C=O) groups is 1. The number of phosphoric acid groups is 1. The van der Waals surface area contributed by atoms with Crippen LogP contribution in [0.2, 0.25) is 0 Å². The molecule has 0 aliphatic heterocycles. The number of amides is 1. The molecule has 0 aromatic carbocycles. The van der Waals surface area contributed by atoms with E-state index in [1.165, 1.54) is 122 Å². The van der Waals surface area contributed by atoms with Gasteiger partial charge in [-0.25, -0.2) is 4.57 Å². The molecule has 8 unspecified atom stereocenters. The average Bonchev–Trinajstić information content (AvgIpc) is 3.18. The van der Waals surface area contributed by atoms with E-state index in [-0.39, 0.29) is 6.42 Å². The van der Waals surface area contributed by atoms with Crippen molar-refractivity contribution in [3.63, 3.8) is 0 Å². The number of hydrogen-bond donors (Lipinski definition) is 9. The van der Waals surface area contributed by atoms with Crippen molar-refractivity contribution in [1.29, 1.82) is 0 Å². The highest BCUT2D eigenvalue weighted by Crippen LogP contribution is 2.47. The topological polar surface area (TPSA) is 226 Å². The molecule has 8 atom stereocenters. The fourth-order valence-corrected chi connectivity index (χ4v) is 8.33. The van der Waals surface area contributed by atoms with Gasteiger partial charge < -0.3 is 46.0 Å². The molecule has 0 spiro atoms. The molecule has 0 aromatic rings. The Labute approximate surface area is 344 Å². The van der Waals surface area contributed by atoms with Crippen LogP contribution in [0.15, 0.2) is 12.2 Å². The molecule has 0 aromatic heterocycles. The summed E-state index contributed by atoms with van der Waals surface area (Å²) in [5.41, 5.74) is 0. The van der Waals surface area contributed by atoms with Crippen molar-refractivity contribution < 1.29 is 59.0 Å². The molecule has 14 heteroatoms. The highest BCUT2D eigenvalue weighted by molar-refractivity contribution is 7.47. The Bertz CT molecular complexity index is 1040. The Hall–Kier alpha value is -0.960. The van der Waals surface area contributed by atoms with Crippen LogP contribution in [0, 0.1) is 0 Å². The van der Waals surface area contributed by atoms with Crippen molar-refractivity contribution in [2.24, 2.45) is 0 Å². The molecule has 0 saturated heterocycles. The maximum absolute atomic E-state index is 13.0. The van der Waals surface area contributed by atoms with Crippen LogP contribution in [0.25, 0.3) is 0 Å². The lowest BCUT2D eigenvalue weighted by molar-refractivity contribution is -0.220. The lowest BCUT2D eigenvalue weighted by Crippen LogP contribution is -2.64. The molecule has 1 fully saturated rings. The van der Waals surface area contributed by atoms with Crippen LogP contribution in [0.4, 0.5) is 0 Å². The smallest absolute Gasteiger partial charge is 0.393 e. The summed E-state index contributed by atoms with van der Waals surface area (Å²) in [5.74, 6) is -0.592. The van der Waals surface area contributed by atoms with Crippen molar-refractivity contribution >= 4 is 13.7 Å². The standard InChI is InChI=1S/C43H84NO12P/c1-3-5-7-9-11-13-15-16-17-18-19-20-21-22-24-26-28-30-34(45)32-37(47)44-35(36(46)31-29-27-25-23-14-12-10-8-6-4-2)33-55-57(53,54)56-43-41(51)39(49)38(48)40(50)42(43)52/h29,31,34-36,38-43,45-46,48-52H,3-28,30,32-33H2,1-2H3,(H,44,47)(H,53,54)/b31-29+. The minimum Gasteiger partial charge on any atom is -0.393 e. The largest absolute Gasteiger partial charge is 0.472 e. The Balaban J connectivity index is 2.50. The van der Waals surface area contributed by atoms with Gasteiger partial charge in [-0.2, -0.15) is 0 Å². The monoisotopic (exact) mass is 838 g/mol. The van der Waals surface area contributed by atoms with E-state index < -0.39 is 75.2 Å². The molecule has 1 aliphatic rings. The van der Waals surface area contributed by atoms with E-state index in [9.17, 15) is 50.0 Å². The number of nitrogens with one attached hydrogen (secondary N) is 1. The van der Waals surface area contributed by atoms with E-state index in [0.29, 0.717) is 12.8 Å². The molecule has 1 aliphatic carbocycles. The van der Waals surface area contributed by atoms with Crippen molar-refractivity contribution in [2.75, 3.05) is 6.61 Å². The summed E-state index contributed by atoms with van der Waals surface area (Å²) in [6.07, 6.45) is 20.3. The number of carbonyl (C=O) groups excluding carboxylic acids is 1. The quantitative estimate of drug-likeness (QED) is 0.0175. The van der Waals surface area contributed by atoms with E-state index >= 15 is 0 Å². The van der Waals surface area contributed by atoms with Gasteiger partial charge in [0.2, 0.25) is 5.91 Å². The van der Waals surface area contributed by atoms with Crippen molar-refractivity contribution in [3.05, 3.63) is 12.2 Å². The van der Waals surface area contributed by atoms with Gasteiger partial charge in [-0.3, -0.25) is 13.8 Å². The molecule has 338 valence electrons. The van der Waals surface area contributed by atoms with Gasteiger partial charge in [0.1, 0.15) is 36.6 Å². The minimum atomic E-state index is -5.13. The van der Waals surface area contributed by atoms with Crippen molar-refractivity contribution in [1.82, 2.24) is 5.32 Å². The summed E-state index contributed by atoms with van der Waals surface area (Å²) in [7, 11) is -5.13. The number of aliphatic hydroxyl groups is 7. The van der Waals surface area contributed by atoms with E-state index in [4.69, 9.17) is 9.05 Å². The Kier molecular flexibility index (Phi) is 32.0. The van der Waals surface area contributed by atoms with Crippen LogP contribution in [0.5, 0.6) is 0 Å². The molecular formula is C43H84NO12P. The Morgan fingerprint density at radius 2 is 1.00 bits per heavy atom. The summed E-state index contributed by atoms with van der Waals surface area (Å²) >= 11 is 0. The normalized spacial score (nSPS) is 24.0. The lowest BCUT2D eigenvalue weighted by Gasteiger charge is -2.41. The molecule has 0 heterocycles. The van der Waals surface area contributed by atoms with Crippen LogP contribution >= 0.6 is 7.82 Å². The maximum Gasteiger partial charge on any atom is 0.472 e. The summed E-state index contributed by atoms with van der Waals surface area (Å²) in [6, 6.07) is -1.23. The molecular weight excluding hydrogens is 753 g/mol. The molecule has 13 nitrogen and oxygen atoms in total. The zero-order chi connectivity index (χ0) is 42.3. The number of aliphatic hydroxyl groups excluding tert-OH is 7. The van der Waals surface area contributed by atoms with Gasteiger partial charge in [-0.05, 0) is 19.3 Å². The summed E-state index contributed by atoms with van der Waals surface area (Å²) in [5, 5.41) is 74.3. The van der Waals surface area contributed by atoms with Gasteiger partial charge in [0.15, 0.2) is 0 Å². The lowest BCUT2D eigenvalue weighted by atomic mass is 9.85. The van der Waals surface area contributed by atoms with Crippen LogP contribution in [-0.4, -0.2) is 108 Å². The maximum atomic E-state index is 13.0. The van der Waals surface area contributed by atoms with Gasteiger partial charge in [0.25, 0.3) is 0 Å². The first-order valence-corrected chi connectivity index (χ1v) is 24.2. The van der Waals surface area contributed by atoms with Crippen LogP contribution in [-0.2, 0) is 18.4 Å². The van der Waals surface area contributed by atoms with Crippen LogP contribution in [0.1, 0.15) is 194 Å². The average molecular weight is 838 g/mol. The predicted molar refractivity (Wildman–Crippen MR) is 224 cm³/mol. The first-order valence-electron chi connectivity index (χ1n) is 22.7. The number of rotatable bonds is 37. The highest BCUT2D eigenvalue weighted by Gasteiger charge is 2.51. The third kappa shape index (κ3) is 26.1. The number of unbranched alkanes of at least 4 members (excludes halogenated alkanes) is 24. The predicted octanol–water partition coefficient (Wildman–Crippen LogP) is 7.03. The number of hydrogen-bond acceptors (Lipinski definition) is 11. The van der Waals surface area contributed by atoms with Gasteiger partial charge >= 0.3 is 7.82 Å². The summed E-state index contributed by atoms with van der Waals surface area (Å²) < 4.78 is 22.8. The van der Waals surface area contributed by atoms with E-state index in [1.54, 1.807) is 6.08 Å². The third-order valence-electron chi connectivity index (χ3n) is 11.1. The van der Waals surface area contributed by atoms with Gasteiger partial charge in [-0.15, -0.1) is 0 Å². The molecule has 1 rings (SSSR count). The second-order valence-electron chi connectivity index (χ2n) is 16.4. The molecule has 0 bridgehead atoms. The Morgan fingerprint density at radius 1 is 0.614 bits per heavy atom. The first-order chi connectivity index (χ1) is 27.3. The Morgan fingerprint density at radius 3 is 1.44 bits per heavy atom. The zero-order valence-corrected chi connectivity index (χ0v) is 36.4. The van der Waals surface area contributed by atoms with Crippen LogP contribution < -0.4 is 5.32 Å². The molecule has 1 amide bonds. The van der Waals surface area contributed by atoms with E-state index in [1.807, 2.05) is 0 Å².